The van der Waals surface area contributed by atoms with Crippen molar-refractivity contribution >= 4 is 43.8 Å². The molecule has 0 N–H and O–H groups in total. The zero-order valence-corrected chi connectivity index (χ0v) is 13.2. The van der Waals surface area contributed by atoms with Gasteiger partial charge >= 0.3 is 0 Å². The normalized spacial score (nSPS) is 21.3. The van der Waals surface area contributed by atoms with E-state index < -0.39 is 16.1 Å². The van der Waals surface area contributed by atoms with Crippen molar-refractivity contribution < 1.29 is 13.2 Å². The molecule has 1 aliphatic rings. The molecule has 1 aliphatic heterocycles. The fourth-order valence-electron chi connectivity index (χ4n) is 2.18. The first-order chi connectivity index (χ1) is 8.96. The van der Waals surface area contributed by atoms with Crippen LogP contribution >= 0.6 is 27.5 Å². The maximum atomic E-state index is 12.6. The van der Waals surface area contributed by atoms with Crippen molar-refractivity contribution in [3.05, 3.63) is 27.7 Å². The number of carbonyl (C=O) groups excluding carboxylic acids is 1. The number of aldehydes is 1. The maximum absolute atomic E-state index is 12.6. The summed E-state index contributed by atoms with van der Waals surface area (Å²) in [5, 5.41) is 0.157. The molecule has 0 amide bonds. The van der Waals surface area contributed by atoms with Crippen LogP contribution in [0.2, 0.25) is 5.02 Å². The summed E-state index contributed by atoms with van der Waals surface area (Å²) in [6, 6.07) is 4.03. The van der Waals surface area contributed by atoms with E-state index in [9.17, 15) is 13.2 Å². The van der Waals surface area contributed by atoms with Gasteiger partial charge in [-0.15, -0.1) is 0 Å². The molecule has 0 spiro atoms. The highest BCUT2D eigenvalue weighted by Gasteiger charge is 2.34. The quantitative estimate of drug-likeness (QED) is 0.773. The molecule has 104 valence electrons. The predicted octanol–water partition coefficient (Wildman–Crippen LogP) is 2.84. The smallest absolute Gasteiger partial charge is 0.245 e. The summed E-state index contributed by atoms with van der Waals surface area (Å²) in [5.41, 5.74) is 0. The number of rotatable bonds is 3. The molecule has 1 fully saturated rings. The Hall–Kier alpha value is -0.430. The molecule has 1 saturated heterocycles. The van der Waals surface area contributed by atoms with Gasteiger partial charge in [-0.2, -0.15) is 4.31 Å². The molecule has 1 aromatic rings. The third-order valence-electron chi connectivity index (χ3n) is 3.14. The molecule has 1 aromatic carbocycles. The minimum atomic E-state index is -3.72. The van der Waals surface area contributed by atoms with Gasteiger partial charge in [0.25, 0.3) is 0 Å². The number of sulfonamides is 1. The lowest BCUT2D eigenvalue weighted by molar-refractivity contribution is -0.111. The average molecular weight is 367 g/mol. The molecule has 7 heteroatoms. The minimum absolute atomic E-state index is 0.0473. The van der Waals surface area contributed by atoms with E-state index >= 15 is 0 Å². The van der Waals surface area contributed by atoms with Crippen LogP contribution in [0.1, 0.15) is 19.3 Å². The number of piperidine rings is 1. The molecule has 0 radical (unpaired) electrons. The molecule has 0 saturated carbocycles. The number of hydrogen-bond donors (Lipinski definition) is 0. The number of halogens is 2. The van der Waals surface area contributed by atoms with Crippen LogP contribution in [0.15, 0.2) is 27.6 Å². The van der Waals surface area contributed by atoms with Gasteiger partial charge in [-0.25, -0.2) is 8.42 Å². The second-order valence-corrected chi connectivity index (χ2v) is 7.57. The van der Waals surface area contributed by atoms with Gasteiger partial charge in [0.15, 0.2) is 0 Å². The van der Waals surface area contributed by atoms with E-state index in [1.54, 1.807) is 6.07 Å². The number of nitrogens with zero attached hydrogens (tertiary/aromatic N) is 1. The highest BCUT2D eigenvalue weighted by atomic mass is 79.9. The van der Waals surface area contributed by atoms with E-state index in [4.69, 9.17) is 11.6 Å². The molecular weight excluding hydrogens is 354 g/mol. The van der Waals surface area contributed by atoms with Crippen LogP contribution in [0.4, 0.5) is 0 Å². The minimum Gasteiger partial charge on any atom is -0.302 e. The molecule has 2 rings (SSSR count). The van der Waals surface area contributed by atoms with E-state index in [2.05, 4.69) is 15.9 Å². The van der Waals surface area contributed by atoms with Crippen molar-refractivity contribution in [2.24, 2.45) is 0 Å². The Labute approximate surface area is 125 Å². The molecule has 0 aliphatic carbocycles. The largest absolute Gasteiger partial charge is 0.302 e. The third kappa shape index (κ3) is 3.02. The summed E-state index contributed by atoms with van der Waals surface area (Å²) in [6.07, 6.45) is 2.89. The van der Waals surface area contributed by atoms with Crippen molar-refractivity contribution in [2.45, 2.75) is 30.2 Å². The lowest BCUT2D eigenvalue weighted by atomic mass is 10.1. The lowest BCUT2D eigenvalue weighted by Crippen LogP contribution is -2.44. The Morgan fingerprint density at radius 3 is 2.74 bits per heavy atom. The first-order valence-electron chi connectivity index (χ1n) is 5.89. The van der Waals surface area contributed by atoms with E-state index in [0.29, 0.717) is 23.7 Å². The van der Waals surface area contributed by atoms with Gasteiger partial charge in [-0.05, 0) is 31.0 Å². The van der Waals surface area contributed by atoms with Gasteiger partial charge in [-0.3, -0.25) is 0 Å². The molecule has 0 bridgehead atoms. The molecular formula is C12H13BrClNO3S. The van der Waals surface area contributed by atoms with E-state index in [0.717, 1.165) is 12.8 Å². The first kappa shape index (κ1) is 15.0. The van der Waals surface area contributed by atoms with Crippen LogP contribution in [0.3, 0.4) is 0 Å². The Morgan fingerprint density at radius 1 is 1.37 bits per heavy atom. The topological polar surface area (TPSA) is 54.5 Å². The van der Waals surface area contributed by atoms with Gasteiger partial charge in [0.05, 0.1) is 11.1 Å². The van der Waals surface area contributed by atoms with Gasteiger partial charge in [0.1, 0.15) is 11.2 Å². The summed E-state index contributed by atoms with van der Waals surface area (Å²) in [7, 11) is -3.72. The van der Waals surface area contributed by atoms with Gasteiger partial charge < -0.3 is 4.79 Å². The SMILES string of the molecule is O=CC1CCCCN1S(=O)(=O)c1ccc(Br)cc1Cl. The van der Waals surface area contributed by atoms with E-state index in [1.807, 2.05) is 0 Å². The van der Waals surface area contributed by atoms with E-state index in [1.165, 1.54) is 16.4 Å². The highest BCUT2D eigenvalue weighted by molar-refractivity contribution is 9.10. The molecule has 19 heavy (non-hydrogen) atoms. The number of carbonyl (C=O) groups is 1. The van der Waals surface area contributed by atoms with Crippen LogP contribution in [0.25, 0.3) is 0 Å². The lowest BCUT2D eigenvalue weighted by Gasteiger charge is -2.31. The van der Waals surface area contributed by atoms with Gasteiger partial charge in [0, 0.05) is 11.0 Å². The van der Waals surface area contributed by atoms with Crippen LogP contribution in [0, 0.1) is 0 Å². The first-order valence-corrected chi connectivity index (χ1v) is 8.50. The third-order valence-corrected chi connectivity index (χ3v) is 6.04. The Kier molecular flexibility index (Phi) is 4.66. The zero-order chi connectivity index (χ0) is 14.0. The van der Waals surface area contributed by atoms with Crippen molar-refractivity contribution in [1.29, 1.82) is 0 Å². The van der Waals surface area contributed by atoms with Crippen LogP contribution in [-0.4, -0.2) is 31.6 Å². The van der Waals surface area contributed by atoms with Crippen LogP contribution in [-0.2, 0) is 14.8 Å². The summed E-state index contributed by atoms with van der Waals surface area (Å²) in [5.74, 6) is 0. The molecule has 4 nitrogen and oxygen atoms in total. The standard InChI is InChI=1S/C12H13BrClNO3S/c13-9-4-5-12(11(14)7-9)19(17,18)15-6-2-1-3-10(15)8-16/h4-5,7-8,10H,1-3,6H2. The second-order valence-electron chi connectivity index (χ2n) is 4.39. The van der Waals surface area contributed by atoms with Crippen molar-refractivity contribution in [3.63, 3.8) is 0 Å². The summed E-state index contributed by atoms with van der Waals surface area (Å²) in [6.45, 7) is 0.359. The molecule has 0 aromatic heterocycles. The predicted molar refractivity (Wildman–Crippen MR) is 76.7 cm³/mol. The Morgan fingerprint density at radius 2 is 2.11 bits per heavy atom. The fourth-order valence-corrected chi connectivity index (χ4v) is 4.82. The van der Waals surface area contributed by atoms with Crippen LogP contribution < -0.4 is 0 Å². The molecule has 1 heterocycles. The van der Waals surface area contributed by atoms with E-state index in [-0.39, 0.29) is 9.92 Å². The summed E-state index contributed by atoms with van der Waals surface area (Å²) < 4.78 is 27.1. The summed E-state index contributed by atoms with van der Waals surface area (Å²) >= 11 is 9.24. The number of hydrogen-bond acceptors (Lipinski definition) is 3. The van der Waals surface area contributed by atoms with Gasteiger partial charge in [0.2, 0.25) is 10.0 Å². The highest BCUT2D eigenvalue weighted by Crippen LogP contribution is 2.30. The molecule has 1 unspecified atom stereocenters. The Bertz CT molecular complexity index is 591. The van der Waals surface area contributed by atoms with Crippen molar-refractivity contribution in [3.8, 4) is 0 Å². The summed E-state index contributed by atoms with van der Waals surface area (Å²) in [4.78, 5) is 11.1. The van der Waals surface area contributed by atoms with Crippen molar-refractivity contribution in [2.75, 3.05) is 6.54 Å². The van der Waals surface area contributed by atoms with Crippen LogP contribution in [0.5, 0.6) is 0 Å². The Balaban J connectivity index is 2.43. The van der Waals surface area contributed by atoms with Gasteiger partial charge in [-0.1, -0.05) is 34.0 Å². The zero-order valence-electron chi connectivity index (χ0n) is 10.1. The number of benzene rings is 1. The maximum Gasteiger partial charge on any atom is 0.245 e. The monoisotopic (exact) mass is 365 g/mol. The fraction of sp³-hybridized carbons (Fsp3) is 0.417. The molecule has 1 atom stereocenters. The van der Waals surface area contributed by atoms with Crippen molar-refractivity contribution in [1.82, 2.24) is 4.31 Å². The second kappa shape index (κ2) is 5.91. The average Bonchev–Trinajstić information content (AvgIpc) is 2.38.